The van der Waals surface area contributed by atoms with Crippen molar-refractivity contribution in [3.63, 3.8) is 0 Å². The van der Waals surface area contributed by atoms with Crippen molar-refractivity contribution >= 4 is 22.5 Å². The van der Waals surface area contributed by atoms with Gasteiger partial charge in [-0.1, -0.05) is 36.4 Å². The van der Waals surface area contributed by atoms with Crippen molar-refractivity contribution < 1.29 is 13.6 Å². The number of nitrogens with zero attached hydrogens (tertiary/aromatic N) is 4. The van der Waals surface area contributed by atoms with Crippen molar-refractivity contribution in [2.24, 2.45) is 0 Å². The normalized spacial score (nSPS) is 28.0. The Labute approximate surface area is 148 Å². The molecule has 4 rings (SSSR count). The van der Waals surface area contributed by atoms with Crippen LogP contribution in [-0.4, -0.2) is 40.5 Å². The standard InChI is InChI=1S/C19H14F2N4O/c20-17-7-3-4-8-19(17,21)24-12-14(9-22)25(18(24)26)16-11-23-10-13-5-1-2-6-15(13)16/h1-8,10-11,14,17H,12H2. The average Bonchev–Trinajstić information content (AvgIpc) is 3.00. The molecule has 5 nitrogen and oxygen atoms in total. The first-order valence-electron chi connectivity index (χ1n) is 8.08. The van der Waals surface area contributed by atoms with Crippen LogP contribution in [-0.2, 0) is 0 Å². The maximum absolute atomic E-state index is 15.3. The number of hydrogen-bond acceptors (Lipinski definition) is 3. The summed E-state index contributed by atoms with van der Waals surface area (Å²) in [5.41, 5.74) is 0.400. The van der Waals surface area contributed by atoms with Gasteiger partial charge in [0.2, 0.25) is 5.79 Å². The number of anilines is 1. The summed E-state index contributed by atoms with van der Waals surface area (Å²) in [6.45, 7) is -0.242. The third-order valence-electron chi connectivity index (χ3n) is 4.68. The zero-order valence-corrected chi connectivity index (χ0v) is 13.6. The van der Waals surface area contributed by atoms with Gasteiger partial charge in [0.05, 0.1) is 24.5 Å². The molecule has 2 heterocycles. The first-order valence-corrected chi connectivity index (χ1v) is 8.08. The van der Waals surface area contributed by atoms with E-state index in [1.807, 2.05) is 18.2 Å². The molecule has 1 aliphatic carbocycles. The SMILES string of the molecule is N#CC1CN(C2(F)C=CC=CC2F)C(=O)N1c1cncc2ccccc12. The van der Waals surface area contributed by atoms with Gasteiger partial charge in [-0.25, -0.2) is 13.6 Å². The largest absolute Gasteiger partial charge is 0.328 e. The van der Waals surface area contributed by atoms with E-state index in [9.17, 15) is 14.4 Å². The lowest BCUT2D eigenvalue weighted by Crippen LogP contribution is -2.52. The highest BCUT2D eigenvalue weighted by Gasteiger charge is 2.53. The van der Waals surface area contributed by atoms with Crippen LogP contribution < -0.4 is 4.90 Å². The predicted octanol–water partition coefficient (Wildman–Crippen LogP) is 3.50. The predicted molar refractivity (Wildman–Crippen MR) is 92.7 cm³/mol. The zero-order valence-electron chi connectivity index (χ0n) is 13.6. The van der Waals surface area contributed by atoms with Crippen molar-refractivity contribution in [1.29, 1.82) is 5.26 Å². The van der Waals surface area contributed by atoms with Gasteiger partial charge in [-0.2, -0.15) is 5.26 Å². The Hall–Kier alpha value is -3.27. The van der Waals surface area contributed by atoms with Crippen LogP contribution in [0.15, 0.2) is 61.0 Å². The molecule has 0 bridgehead atoms. The summed E-state index contributed by atoms with van der Waals surface area (Å²) >= 11 is 0. The number of urea groups is 1. The minimum Gasteiger partial charge on any atom is -0.282 e. The number of nitriles is 1. The second-order valence-corrected chi connectivity index (χ2v) is 6.16. The second-order valence-electron chi connectivity index (χ2n) is 6.16. The summed E-state index contributed by atoms with van der Waals surface area (Å²) in [5.74, 6) is -2.62. The van der Waals surface area contributed by atoms with Gasteiger partial charge in [0.1, 0.15) is 6.04 Å². The molecule has 1 fully saturated rings. The maximum Gasteiger partial charge on any atom is 0.328 e. The number of alkyl halides is 2. The van der Waals surface area contributed by atoms with Crippen molar-refractivity contribution in [2.45, 2.75) is 18.0 Å². The molecule has 0 saturated carbocycles. The fourth-order valence-corrected chi connectivity index (χ4v) is 3.36. The van der Waals surface area contributed by atoms with E-state index in [1.165, 1.54) is 23.2 Å². The van der Waals surface area contributed by atoms with E-state index in [4.69, 9.17) is 0 Å². The van der Waals surface area contributed by atoms with Crippen molar-refractivity contribution in [3.05, 3.63) is 61.0 Å². The summed E-state index contributed by atoms with van der Waals surface area (Å²) in [4.78, 5) is 19.1. The van der Waals surface area contributed by atoms with E-state index >= 15 is 4.39 Å². The molecule has 1 aromatic carbocycles. The van der Waals surface area contributed by atoms with Gasteiger partial charge in [-0.15, -0.1) is 0 Å². The number of aromatic nitrogens is 1. The molecule has 1 aliphatic heterocycles. The van der Waals surface area contributed by atoms with Crippen molar-refractivity contribution in [2.75, 3.05) is 11.4 Å². The van der Waals surface area contributed by atoms with Crippen LogP contribution in [0.1, 0.15) is 0 Å². The average molecular weight is 352 g/mol. The Balaban J connectivity index is 1.80. The van der Waals surface area contributed by atoms with Crippen LogP contribution in [0.5, 0.6) is 0 Å². The summed E-state index contributed by atoms with van der Waals surface area (Å²) in [6, 6.07) is 7.55. The van der Waals surface area contributed by atoms with E-state index in [-0.39, 0.29) is 6.54 Å². The molecule has 3 atom stereocenters. The topological polar surface area (TPSA) is 60.2 Å². The van der Waals surface area contributed by atoms with Crippen LogP contribution in [0.3, 0.4) is 0 Å². The molecule has 2 aliphatic rings. The number of carbonyl (C=O) groups excluding carboxylic acids is 1. The highest BCUT2D eigenvalue weighted by Crippen LogP contribution is 2.38. The molecule has 0 N–H and O–H groups in total. The number of hydrogen-bond donors (Lipinski definition) is 0. The van der Waals surface area contributed by atoms with Gasteiger partial charge < -0.3 is 0 Å². The number of rotatable bonds is 2. The van der Waals surface area contributed by atoms with Crippen LogP contribution >= 0.6 is 0 Å². The van der Waals surface area contributed by atoms with Gasteiger partial charge in [0.25, 0.3) is 0 Å². The van der Waals surface area contributed by atoms with Crippen LogP contribution in [0.4, 0.5) is 19.3 Å². The first-order chi connectivity index (χ1) is 12.6. The van der Waals surface area contributed by atoms with E-state index in [0.717, 1.165) is 22.4 Å². The lowest BCUT2D eigenvalue weighted by atomic mass is 10.0. The number of allylic oxidation sites excluding steroid dienone is 2. The molecular formula is C19H14F2N4O. The highest BCUT2D eigenvalue weighted by atomic mass is 19.2. The molecule has 0 radical (unpaired) electrons. The molecule has 130 valence electrons. The fraction of sp³-hybridized carbons (Fsp3) is 0.211. The molecular weight excluding hydrogens is 338 g/mol. The minimum absolute atomic E-state index is 0.242. The summed E-state index contributed by atoms with van der Waals surface area (Å²) in [7, 11) is 0. The Morgan fingerprint density at radius 2 is 2.08 bits per heavy atom. The zero-order chi connectivity index (χ0) is 18.3. The lowest BCUT2D eigenvalue weighted by Gasteiger charge is -2.34. The molecule has 3 unspecified atom stereocenters. The number of carbonyl (C=O) groups is 1. The van der Waals surface area contributed by atoms with Gasteiger partial charge in [-0.3, -0.25) is 14.8 Å². The number of benzene rings is 1. The van der Waals surface area contributed by atoms with Crippen molar-refractivity contribution in [1.82, 2.24) is 9.88 Å². The second kappa shape index (κ2) is 5.92. The summed E-state index contributed by atoms with van der Waals surface area (Å²) in [5, 5.41) is 11.0. The van der Waals surface area contributed by atoms with Crippen LogP contribution in [0.25, 0.3) is 10.8 Å². The highest BCUT2D eigenvalue weighted by molar-refractivity contribution is 6.05. The molecule has 2 amide bonds. The molecule has 7 heteroatoms. The van der Waals surface area contributed by atoms with Gasteiger partial charge >= 0.3 is 6.03 Å². The lowest BCUT2D eigenvalue weighted by molar-refractivity contribution is -0.000204. The van der Waals surface area contributed by atoms with Crippen LogP contribution in [0, 0.1) is 11.3 Å². The Bertz CT molecular complexity index is 978. The number of fused-ring (bicyclic) bond motifs is 1. The Kier molecular flexibility index (Phi) is 3.69. The first kappa shape index (κ1) is 16.2. The molecule has 1 saturated heterocycles. The summed E-state index contributed by atoms with van der Waals surface area (Å²) < 4.78 is 29.5. The van der Waals surface area contributed by atoms with Gasteiger partial charge in [0, 0.05) is 17.0 Å². The van der Waals surface area contributed by atoms with E-state index in [2.05, 4.69) is 4.98 Å². The Morgan fingerprint density at radius 3 is 2.85 bits per heavy atom. The van der Waals surface area contributed by atoms with E-state index < -0.39 is 24.0 Å². The van der Waals surface area contributed by atoms with Crippen LogP contribution in [0.2, 0.25) is 0 Å². The third kappa shape index (κ3) is 2.26. The third-order valence-corrected chi connectivity index (χ3v) is 4.68. The quantitative estimate of drug-likeness (QED) is 0.777. The fourth-order valence-electron chi connectivity index (χ4n) is 3.36. The maximum atomic E-state index is 15.3. The number of halogens is 2. The van der Waals surface area contributed by atoms with E-state index in [0.29, 0.717) is 11.1 Å². The summed E-state index contributed by atoms with van der Waals surface area (Å²) in [6.07, 6.45) is 5.90. The van der Waals surface area contributed by atoms with Crippen molar-refractivity contribution in [3.8, 4) is 6.07 Å². The number of amides is 2. The Morgan fingerprint density at radius 1 is 1.27 bits per heavy atom. The minimum atomic E-state index is -2.62. The van der Waals surface area contributed by atoms with Gasteiger partial charge in [-0.05, 0) is 12.2 Å². The van der Waals surface area contributed by atoms with Gasteiger partial charge in [0.15, 0.2) is 6.17 Å². The smallest absolute Gasteiger partial charge is 0.282 e. The monoisotopic (exact) mass is 352 g/mol. The number of pyridine rings is 1. The molecule has 1 aromatic heterocycles. The van der Waals surface area contributed by atoms with E-state index in [1.54, 1.807) is 18.3 Å². The molecule has 26 heavy (non-hydrogen) atoms. The molecule has 2 aromatic rings. The molecule has 0 spiro atoms.